The van der Waals surface area contributed by atoms with Crippen molar-refractivity contribution in [2.75, 3.05) is 46.2 Å². The fourth-order valence-corrected chi connectivity index (χ4v) is 8.58. The third kappa shape index (κ3) is 10.8. The molecule has 0 aromatic rings. The second-order valence-corrected chi connectivity index (χ2v) is 16.8. The van der Waals surface area contributed by atoms with E-state index in [1.165, 1.54) is 0 Å². The van der Waals surface area contributed by atoms with Crippen LogP contribution in [0.1, 0.15) is 0 Å². The molecule has 0 spiro atoms. The number of hydrogen-bond donors (Lipinski definition) is 20. The summed E-state index contributed by atoms with van der Waals surface area (Å²) in [4.78, 5) is 0. The van der Waals surface area contributed by atoms with Crippen molar-refractivity contribution in [3.05, 3.63) is 0 Å². The lowest BCUT2D eigenvalue weighted by Crippen LogP contribution is -2.68. The number of aliphatic hydroxyl groups is 20. The van der Waals surface area contributed by atoms with Crippen molar-refractivity contribution >= 4 is 0 Å². The molecule has 6 heterocycles. The van der Waals surface area contributed by atoms with E-state index in [2.05, 4.69) is 0 Å². The lowest BCUT2D eigenvalue weighted by molar-refractivity contribution is -0.405. The molecule has 31 heteroatoms. The molecule has 6 fully saturated rings. The van der Waals surface area contributed by atoms with Gasteiger partial charge in [0, 0.05) is 0 Å². The minimum absolute atomic E-state index is 0.829. The van der Waals surface area contributed by atoms with Crippen LogP contribution in [0.25, 0.3) is 0 Å². The third-order valence-corrected chi connectivity index (χ3v) is 12.5. The number of hydrogen-bond acceptors (Lipinski definition) is 31. The van der Waals surface area contributed by atoms with E-state index in [-0.39, 0.29) is 0 Å². The molecule has 0 bridgehead atoms. The molecule has 0 aromatic carbocycles. The Labute approximate surface area is 378 Å². The number of aliphatic hydroxyl groups excluding tert-OH is 20. The molecule has 0 aromatic heterocycles. The van der Waals surface area contributed by atoms with Gasteiger partial charge >= 0.3 is 0 Å². The molecule has 0 aliphatic carbocycles. The van der Waals surface area contributed by atoms with Gasteiger partial charge in [0.05, 0.1) is 39.6 Å². The summed E-state index contributed by atoms with van der Waals surface area (Å²) in [6.45, 7) is -6.84. The Kier molecular flexibility index (Phi) is 19.0. The molecule has 0 amide bonds. The van der Waals surface area contributed by atoms with E-state index in [4.69, 9.17) is 52.1 Å². The predicted octanol–water partition coefficient (Wildman–Crippen LogP) is -14.1. The summed E-state index contributed by atoms with van der Waals surface area (Å²) in [7, 11) is 0. The Hall–Kier alpha value is -1.24. The van der Waals surface area contributed by atoms with Crippen LogP contribution in [0.3, 0.4) is 0 Å². The van der Waals surface area contributed by atoms with Gasteiger partial charge in [0.25, 0.3) is 0 Å². The minimum atomic E-state index is -2.50. The van der Waals surface area contributed by atoms with Crippen LogP contribution in [0.5, 0.6) is 0 Å². The summed E-state index contributed by atoms with van der Waals surface area (Å²) in [6, 6.07) is 0. The molecule has 6 rings (SSSR count). The predicted molar refractivity (Wildman–Crippen MR) is 199 cm³/mol. The fourth-order valence-electron chi connectivity index (χ4n) is 8.58. The van der Waals surface area contributed by atoms with E-state index >= 15 is 0 Å². The van der Waals surface area contributed by atoms with Gasteiger partial charge in [-0.05, 0) is 0 Å². The zero-order chi connectivity index (χ0) is 49.4. The van der Waals surface area contributed by atoms with E-state index in [0.717, 1.165) is 0 Å². The van der Waals surface area contributed by atoms with Crippen molar-refractivity contribution < 1.29 is 154 Å². The highest BCUT2D eigenvalue weighted by Crippen LogP contribution is 2.39. The summed E-state index contributed by atoms with van der Waals surface area (Å²) >= 11 is 0. The quantitative estimate of drug-likeness (QED) is 0.0643. The van der Waals surface area contributed by atoms with Gasteiger partial charge in [-0.25, -0.2) is 0 Å². The van der Waals surface area contributed by atoms with E-state index in [0.29, 0.717) is 0 Å². The molecule has 6 aliphatic rings. The summed E-state index contributed by atoms with van der Waals surface area (Å²) in [6.07, 6.45) is -53.2. The molecule has 6 aliphatic heterocycles. The third-order valence-electron chi connectivity index (χ3n) is 12.5. The van der Waals surface area contributed by atoms with Crippen LogP contribution in [0.4, 0.5) is 0 Å². The van der Waals surface area contributed by atoms with Gasteiger partial charge < -0.3 is 154 Å². The van der Waals surface area contributed by atoms with Gasteiger partial charge in [0.2, 0.25) is 5.79 Å². The topological polar surface area (TPSA) is 506 Å². The van der Waals surface area contributed by atoms with Crippen molar-refractivity contribution in [3.63, 3.8) is 0 Å². The minimum Gasteiger partial charge on any atom is -0.394 e. The summed E-state index contributed by atoms with van der Waals surface area (Å²) in [5.41, 5.74) is 0. The first-order valence-corrected chi connectivity index (χ1v) is 21.1. The average molecular weight is 991 g/mol. The molecular formula is C36H62O31. The van der Waals surface area contributed by atoms with Crippen molar-refractivity contribution in [2.45, 2.75) is 178 Å². The molecule has 29 atom stereocenters. The highest BCUT2D eigenvalue weighted by Gasteiger charge is 2.60. The van der Waals surface area contributed by atoms with Crippen LogP contribution in [0.2, 0.25) is 0 Å². The van der Waals surface area contributed by atoms with E-state index in [9.17, 15) is 102 Å². The first-order chi connectivity index (χ1) is 31.8. The molecular weight excluding hydrogens is 928 g/mol. The Morgan fingerprint density at radius 1 is 0.299 bits per heavy atom. The first-order valence-electron chi connectivity index (χ1n) is 21.1. The maximum atomic E-state index is 11.2. The second-order valence-electron chi connectivity index (χ2n) is 16.8. The van der Waals surface area contributed by atoms with Gasteiger partial charge in [-0.1, -0.05) is 0 Å². The summed E-state index contributed by atoms with van der Waals surface area (Å²) in [5.74, 6) is -2.50. The van der Waals surface area contributed by atoms with Crippen molar-refractivity contribution in [1.29, 1.82) is 0 Å². The van der Waals surface area contributed by atoms with Crippen LogP contribution < -0.4 is 0 Å². The Morgan fingerprint density at radius 3 is 0.881 bits per heavy atom. The van der Waals surface area contributed by atoms with Crippen LogP contribution >= 0.6 is 0 Å². The molecule has 20 N–H and O–H groups in total. The van der Waals surface area contributed by atoms with Crippen molar-refractivity contribution in [3.8, 4) is 0 Å². The Bertz CT molecular complexity index is 1520. The largest absolute Gasteiger partial charge is 0.394 e. The molecule has 31 nitrogen and oxygen atoms in total. The number of rotatable bonds is 17. The first kappa shape index (κ1) is 55.1. The summed E-state index contributed by atoms with van der Waals surface area (Å²) in [5, 5.41) is 209. The lowest BCUT2D eigenvalue weighted by Gasteiger charge is -2.49. The fraction of sp³-hybridized carbons (Fsp3) is 1.00. The van der Waals surface area contributed by atoms with Gasteiger partial charge in [-0.15, -0.1) is 0 Å². The maximum absolute atomic E-state index is 11.2. The number of ether oxygens (including phenoxy) is 11. The van der Waals surface area contributed by atoms with Gasteiger partial charge in [0.15, 0.2) is 31.5 Å². The lowest BCUT2D eigenvalue weighted by atomic mass is 9.95. The van der Waals surface area contributed by atoms with Gasteiger partial charge in [-0.3, -0.25) is 0 Å². The molecule has 0 radical (unpaired) electrons. The SMILES string of the molecule is OC[C@H]1O[C@H](O[C@@H]2[C@H](O)[C@@H](O)[C@@H](O[C@@H]3[C@H](O)[C@@H](O)[C@@H](O[C@@H]4[C@H](O)[C@@H](O)[C@@H](O[C@@H]5[C@H](O)[C@@H](O)[C@@H](O[C@]6(CO)O[C@H](CO)[C@@H](O)[C@@H]6O)O[C@@H]5CO)O[C@@H]4CO)O[C@@H]3CO)O[C@@H]2CO)[C@H](O)[C@@H](O)[C@H]1O. The summed E-state index contributed by atoms with van der Waals surface area (Å²) < 4.78 is 60.7. The highest BCUT2D eigenvalue weighted by molar-refractivity contribution is 5.01. The highest BCUT2D eigenvalue weighted by atomic mass is 16.8. The van der Waals surface area contributed by atoms with Crippen LogP contribution in [-0.2, 0) is 52.1 Å². The Balaban J connectivity index is 1.07. The zero-order valence-electron chi connectivity index (χ0n) is 35.1. The van der Waals surface area contributed by atoms with Gasteiger partial charge in [0.1, 0.15) is 147 Å². The molecule has 392 valence electrons. The van der Waals surface area contributed by atoms with Crippen LogP contribution in [0, 0.1) is 0 Å². The molecule has 0 saturated carbocycles. The molecule has 6 saturated heterocycles. The molecule has 0 unspecified atom stereocenters. The zero-order valence-corrected chi connectivity index (χ0v) is 35.1. The van der Waals surface area contributed by atoms with Crippen LogP contribution in [0.15, 0.2) is 0 Å². The smallest absolute Gasteiger partial charge is 0.224 e. The Morgan fingerprint density at radius 2 is 0.582 bits per heavy atom. The maximum Gasteiger partial charge on any atom is 0.224 e. The standard InChI is InChI=1S/C36H62O31/c37-1-8-14(44)16(46)21(51)31(57-8)62-26-10(3-39)58-32(22(52)17(26)47)63-27-11(4-40)59-33(23(53)18(27)48)64-28-12(5-41)60-34(24(54)19(28)49)65-29-13(6-42)61-35(25(55)20(29)50)67-36(7-43)30(56)15(45)9(2-38)66-36/h8-35,37-56H,1-7H2/t8-,9-,10-,11-,12-,13-,14+,15-,16+,17-,18-,19-,20-,21-,22-,23-,24-,25-,26+,27+,28+,29+,30+,31-,32-,33-,34-,35-,36+/m1/s1. The normalized spacial score (nSPS) is 53.2. The molecule has 67 heavy (non-hydrogen) atoms. The van der Waals surface area contributed by atoms with Crippen LogP contribution in [-0.4, -0.2) is 326 Å². The van der Waals surface area contributed by atoms with Crippen molar-refractivity contribution in [1.82, 2.24) is 0 Å². The van der Waals surface area contributed by atoms with E-state index in [1.807, 2.05) is 0 Å². The van der Waals surface area contributed by atoms with E-state index in [1.54, 1.807) is 0 Å². The average Bonchev–Trinajstić information content (AvgIpc) is 3.57. The van der Waals surface area contributed by atoms with Gasteiger partial charge in [-0.2, -0.15) is 0 Å². The second kappa shape index (κ2) is 23.1. The van der Waals surface area contributed by atoms with Crippen molar-refractivity contribution in [2.24, 2.45) is 0 Å². The van der Waals surface area contributed by atoms with E-state index < -0.39 is 224 Å². The monoisotopic (exact) mass is 990 g/mol.